The first-order valence-electron chi connectivity index (χ1n) is 5.18. The van der Waals surface area contributed by atoms with Crippen LogP contribution in [-0.4, -0.2) is 5.11 Å². The lowest BCUT2D eigenvalue weighted by Gasteiger charge is -2.06. The van der Waals surface area contributed by atoms with Crippen LogP contribution in [0.15, 0.2) is 46.9 Å². The second-order valence-corrected chi connectivity index (χ2v) is 4.85. The lowest BCUT2D eigenvalue weighted by Crippen LogP contribution is -1.89. The molecule has 1 nitrogen and oxygen atoms in total. The van der Waals surface area contributed by atoms with Gasteiger partial charge in [0.15, 0.2) is 0 Å². The quantitative estimate of drug-likeness (QED) is 0.877. The first-order valence-corrected chi connectivity index (χ1v) is 5.97. The van der Waals surface area contributed by atoms with Crippen LogP contribution >= 0.6 is 15.9 Å². The Labute approximate surface area is 104 Å². The molecular formula is C14H13BrO. The molecule has 0 unspecified atom stereocenters. The molecule has 0 aliphatic heterocycles. The van der Waals surface area contributed by atoms with Gasteiger partial charge in [0, 0.05) is 10.9 Å². The van der Waals surface area contributed by atoms with E-state index in [4.69, 9.17) is 0 Å². The molecule has 16 heavy (non-hydrogen) atoms. The minimum absolute atomic E-state index is 0.369. The van der Waals surface area contributed by atoms with E-state index in [1.54, 1.807) is 6.07 Å². The fourth-order valence-corrected chi connectivity index (χ4v) is 1.94. The van der Waals surface area contributed by atoms with Crippen molar-refractivity contribution in [1.29, 1.82) is 0 Å². The van der Waals surface area contributed by atoms with Gasteiger partial charge in [0.1, 0.15) is 5.75 Å². The van der Waals surface area contributed by atoms with Crippen LogP contribution < -0.4 is 0 Å². The fraction of sp³-hybridized carbons (Fsp3) is 0.143. The molecule has 0 fully saturated rings. The minimum Gasteiger partial charge on any atom is -0.508 e. The molecule has 0 aromatic heterocycles. The third kappa shape index (κ3) is 2.64. The number of phenolic OH excluding ortho intramolecular Hbond substituents is 1. The summed E-state index contributed by atoms with van der Waals surface area (Å²) in [7, 11) is 0. The van der Waals surface area contributed by atoms with E-state index in [1.165, 1.54) is 11.1 Å². The number of phenols is 1. The molecule has 0 spiro atoms. The van der Waals surface area contributed by atoms with Crippen molar-refractivity contribution in [3.63, 3.8) is 0 Å². The van der Waals surface area contributed by atoms with Crippen molar-refractivity contribution in [3.05, 3.63) is 63.6 Å². The number of benzene rings is 2. The van der Waals surface area contributed by atoms with E-state index in [-0.39, 0.29) is 0 Å². The highest BCUT2D eigenvalue weighted by atomic mass is 79.9. The van der Waals surface area contributed by atoms with Crippen LogP contribution in [0.4, 0.5) is 0 Å². The van der Waals surface area contributed by atoms with Crippen LogP contribution in [0.25, 0.3) is 0 Å². The highest BCUT2D eigenvalue weighted by molar-refractivity contribution is 9.10. The molecule has 0 bridgehead atoms. The molecule has 0 heterocycles. The Morgan fingerprint density at radius 3 is 2.44 bits per heavy atom. The molecule has 0 saturated heterocycles. The SMILES string of the molecule is Cc1ccc(O)c(Cc2ccc(Br)cc2)c1. The van der Waals surface area contributed by atoms with Gasteiger partial charge >= 0.3 is 0 Å². The summed E-state index contributed by atoms with van der Waals surface area (Å²) in [6.07, 6.45) is 0.765. The molecule has 0 saturated carbocycles. The molecule has 0 amide bonds. The van der Waals surface area contributed by atoms with Gasteiger partial charge in [0.05, 0.1) is 0 Å². The van der Waals surface area contributed by atoms with Crippen molar-refractivity contribution in [2.45, 2.75) is 13.3 Å². The molecule has 0 aliphatic carbocycles. The number of hydrogen-bond acceptors (Lipinski definition) is 1. The van der Waals surface area contributed by atoms with Crippen LogP contribution in [0.1, 0.15) is 16.7 Å². The Hall–Kier alpha value is -1.28. The van der Waals surface area contributed by atoms with Crippen molar-refractivity contribution < 1.29 is 5.11 Å². The predicted octanol–water partition coefficient (Wildman–Crippen LogP) is 4.05. The second kappa shape index (κ2) is 4.71. The standard InChI is InChI=1S/C14H13BrO/c1-10-2-7-14(16)12(8-10)9-11-3-5-13(15)6-4-11/h2-8,16H,9H2,1H3. The van der Waals surface area contributed by atoms with E-state index in [2.05, 4.69) is 28.1 Å². The van der Waals surface area contributed by atoms with Crippen LogP contribution in [0, 0.1) is 6.92 Å². The molecule has 0 atom stereocenters. The van der Waals surface area contributed by atoms with Gasteiger partial charge in [-0.3, -0.25) is 0 Å². The van der Waals surface area contributed by atoms with Crippen molar-refractivity contribution in [1.82, 2.24) is 0 Å². The minimum atomic E-state index is 0.369. The summed E-state index contributed by atoms with van der Waals surface area (Å²) in [5, 5.41) is 9.74. The lowest BCUT2D eigenvalue weighted by atomic mass is 10.0. The van der Waals surface area contributed by atoms with Crippen molar-refractivity contribution in [3.8, 4) is 5.75 Å². The Morgan fingerprint density at radius 1 is 1.06 bits per heavy atom. The summed E-state index contributed by atoms with van der Waals surface area (Å²) >= 11 is 3.41. The van der Waals surface area contributed by atoms with E-state index in [0.29, 0.717) is 5.75 Å². The molecule has 2 aromatic carbocycles. The molecule has 2 aromatic rings. The second-order valence-electron chi connectivity index (χ2n) is 3.94. The maximum Gasteiger partial charge on any atom is 0.119 e. The summed E-state index contributed by atoms with van der Waals surface area (Å²) in [5.74, 6) is 0.369. The summed E-state index contributed by atoms with van der Waals surface area (Å²) in [6.45, 7) is 2.03. The smallest absolute Gasteiger partial charge is 0.119 e. The van der Waals surface area contributed by atoms with Crippen molar-refractivity contribution in [2.75, 3.05) is 0 Å². The zero-order valence-corrected chi connectivity index (χ0v) is 10.7. The van der Waals surface area contributed by atoms with Gasteiger partial charge in [0.25, 0.3) is 0 Å². The van der Waals surface area contributed by atoms with E-state index >= 15 is 0 Å². The van der Waals surface area contributed by atoms with Crippen LogP contribution in [-0.2, 0) is 6.42 Å². The van der Waals surface area contributed by atoms with E-state index in [1.807, 2.05) is 31.2 Å². The maximum atomic E-state index is 9.74. The average molecular weight is 277 g/mol. The molecule has 82 valence electrons. The zero-order chi connectivity index (χ0) is 11.5. The predicted molar refractivity (Wildman–Crippen MR) is 69.8 cm³/mol. The number of aryl methyl sites for hydroxylation is 1. The summed E-state index contributed by atoms with van der Waals surface area (Å²) in [5.41, 5.74) is 3.34. The van der Waals surface area contributed by atoms with Gasteiger partial charge < -0.3 is 5.11 Å². The topological polar surface area (TPSA) is 20.2 Å². The van der Waals surface area contributed by atoms with Gasteiger partial charge in [-0.15, -0.1) is 0 Å². The van der Waals surface area contributed by atoms with E-state index in [9.17, 15) is 5.11 Å². The van der Waals surface area contributed by atoms with Gasteiger partial charge in [-0.25, -0.2) is 0 Å². The van der Waals surface area contributed by atoms with Crippen molar-refractivity contribution in [2.24, 2.45) is 0 Å². The van der Waals surface area contributed by atoms with Gasteiger partial charge in [0.2, 0.25) is 0 Å². The molecule has 2 rings (SSSR count). The first kappa shape index (κ1) is 11.2. The summed E-state index contributed by atoms with van der Waals surface area (Å²) < 4.78 is 1.07. The third-order valence-corrected chi connectivity index (χ3v) is 3.07. The Kier molecular flexibility index (Phi) is 3.30. The van der Waals surface area contributed by atoms with E-state index < -0.39 is 0 Å². The first-order chi connectivity index (χ1) is 7.65. The average Bonchev–Trinajstić information content (AvgIpc) is 2.27. The Balaban J connectivity index is 2.26. The normalized spacial score (nSPS) is 10.4. The van der Waals surface area contributed by atoms with Crippen molar-refractivity contribution >= 4 is 15.9 Å². The monoisotopic (exact) mass is 276 g/mol. The molecule has 2 heteroatoms. The molecular weight excluding hydrogens is 264 g/mol. The number of halogens is 1. The molecule has 0 aliphatic rings. The Bertz CT molecular complexity index is 489. The fourth-order valence-electron chi connectivity index (χ4n) is 1.68. The highest BCUT2D eigenvalue weighted by Gasteiger charge is 2.02. The van der Waals surface area contributed by atoms with E-state index in [0.717, 1.165) is 16.5 Å². The molecule has 1 N–H and O–H groups in total. The zero-order valence-electron chi connectivity index (χ0n) is 9.07. The van der Waals surface area contributed by atoms with Gasteiger partial charge in [-0.2, -0.15) is 0 Å². The van der Waals surface area contributed by atoms with Gasteiger partial charge in [-0.1, -0.05) is 45.8 Å². The van der Waals surface area contributed by atoms with Gasteiger partial charge in [-0.05, 0) is 36.2 Å². The highest BCUT2D eigenvalue weighted by Crippen LogP contribution is 2.22. The molecule has 0 radical (unpaired) electrons. The number of hydrogen-bond donors (Lipinski definition) is 1. The van der Waals surface area contributed by atoms with Crippen LogP contribution in [0.5, 0.6) is 5.75 Å². The number of rotatable bonds is 2. The maximum absolute atomic E-state index is 9.74. The summed E-state index contributed by atoms with van der Waals surface area (Å²) in [6, 6.07) is 13.9. The lowest BCUT2D eigenvalue weighted by molar-refractivity contribution is 0.469. The number of aromatic hydroxyl groups is 1. The third-order valence-electron chi connectivity index (χ3n) is 2.54. The van der Waals surface area contributed by atoms with Crippen LogP contribution in [0.2, 0.25) is 0 Å². The largest absolute Gasteiger partial charge is 0.508 e. The Morgan fingerprint density at radius 2 is 1.75 bits per heavy atom. The summed E-state index contributed by atoms with van der Waals surface area (Å²) in [4.78, 5) is 0. The van der Waals surface area contributed by atoms with Crippen LogP contribution in [0.3, 0.4) is 0 Å².